The van der Waals surface area contributed by atoms with Gasteiger partial charge in [-0.1, -0.05) is 6.92 Å². The second-order valence-electron chi connectivity index (χ2n) is 7.67. The third kappa shape index (κ3) is 3.19. The molecule has 1 N–H and O–H groups in total. The van der Waals surface area contributed by atoms with E-state index < -0.39 is 11.4 Å². The molecule has 26 heavy (non-hydrogen) atoms. The highest BCUT2D eigenvalue weighted by atomic mass is 32.1. The van der Waals surface area contributed by atoms with Crippen LogP contribution in [0.25, 0.3) is 0 Å². The maximum absolute atomic E-state index is 12.2. The topological polar surface area (TPSA) is 61.6 Å². The molecule has 2 aromatic rings. The summed E-state index contributed by atoms with van der Waals surface area (Å²) in [6.45, 7) is 7.68. The Morgan fingerprint density at radius 2 is 2.12 bits per heavy atom. The summed E-state index contributed by atoms with van der Waals surface area (Å²) >= 11 is 1.70. The number of hydrogen-bond acceptors (Lipinski definition) is 5. The molecule has 2 saturated heterocycles. The number of carbonyl (C=O) groups is 1. The number of nitrogens with zero attached hydrogens (tertiary/aromatic N) is 4. The van der Waals surface area contributed by atoms with Crippen molar-refractivity contribution in [2.45, 2.75) is 33.0 Å². The van der Waals surface area contributed by atoms with Crippen LogP contribution in [0.2, 0.25) is 0 Å². The summed E-state index contributed by atoms with van der Waals surface area (Å²) in [6, 6.07) is 2.13. The Hall–Kier alpha value is -1.70. The summed E-state index contributed by atoms with van der Waals surface area (Å²) in [5.74, 6) is 0.588. The van der Waals surface area contributed by atoms with E-state index >= 15 is 0 Å². The molecule has 2 aromatic heterocycles. The van der Waals surface area contributed by atoms with Gasteiger partial charge in [-0.2, -0.15) is 11.3 Å². The number of hydrogen-bond donors (Lipinski definition) is 1. The Morgan fingerprint density at radius 3 is 2.73 bits per heavy atom. The molecule has 0 bridgehead atoms. The molecule has 2 atom stereocenters. The summed E-state index contributed by atoms with van der Waals surface area (Å²) in [5.41, 5.74) is 0.645. The summed E-state index contributed by atoms with van der Waals surface area (Å²) in [4.78, 5) is 21.3. The first kappa shape index (κ1) is 17.7. The number of likely N-dealkylation sites (tertiary alicyclic amines) is 2. The highest BCUT2D eigenvalue weighted by Crippen LogP contribution is 2.43. The van der Waals surface area contributed by atoms with Gasteiger partial charge in [-0.25, -0.2) is 4.98 Å². The third-order valence-electron chi connectivity index (χ3n) is 5.79. The number of carboxylic acid groups (broad SMARTS) is 1. The second-order valence-corrected chi connectivity index (χ2v) is 8.45. The van der Waals surface area contributed by atoms with Gasteiger partial charge in [0.2, 0.25) is 0 Å². The van der Waals surface area contributed by atoms with Crippen LogP contribution in [0.4, 0.5) is 0 Å². The molecule has 2 aliphatic heterocycles. The van der Waals surface area contributed by atoms with Crippen LogP contribution in [0.3, 0.4) is 0 Å². The molecule has 0 saturated carbocycles. The number of carboxylic acids is 1. The van der Waals surface area contributed by atoms with E-state index in [0.717, 1.165) is 45.0 Å². The minimum atomic E-state index is -0.644. The van der Waals surface area contributed by atoms with Crippen molar-refractivity contribution in [3.05, 3.63) is 40.6 Å². The fraction of sp³-hybridized carbons (Fsp3) is 0.579. The van der Waals surface area contributed by atoms with Crippen molar-refractivity contribution in [2.24, 2.45) is 11.3 Å². The zero-order valence-electron chi connectivity index (χ0n) is 15.2. The highest BCUT2D eigenvalue weighted by molar-refractivity contribution is 7.07. The molecule has 0 aliphatic carbocycles. The quantitative estimate of drug-likeness (QED) is 0.806. The first-order chi connectivity index (χ1) is 12.6. The molecule has 7 heteroatoms. The predicted molar refractivity (Wildman–Crippen MR) is 101 cm³/mol. The Kier molecular flexibility index (Phi) is 4.86. The van der Waals surface area contributed by atoms with Crippen molar-refractivity contribution in [1.29, 1.82) is 0 Å². The zero-order valence-corrected chi connectivity index (χ0v) is 16.0. The van der Waals surface area contributed by atoms with Gasteiger partial charge >= 0.3 is 5.97 Å². The van der Waals surface area contributed by atoms with E-state index in [4.69, 9.17) is 0 Å². The van der Waals surface area contributed by atoms with Gasteiger partial charge in [-0.3, -0.25) is 14.6 Å². The number of aryl methyl sites for hydroxylation is 1. The van der Waals surface area contributed by atoms with E-state index in [1.807, 2.05) is 12.4 Å². The maximum atomic E-state index is 12.2. The standard InChI is InChI=1S/C19H26N4O2S/c1-2-5-23-6-4-20-17(23)11-22-10-16-9-21(8-15-3-7-26-12-15)13-19(16,14-22)18(24)25/h3-4,6-7,12,16H,2,5,8-11,13-14H2,1H3,(H,24,25)/t16-,19-/m0/s1. The summed E-state index contributed by atoms with van der Waals surface area (Å²) in [6.07, 6.45) is 4.94. The lowest BCUT2D eigenvalue weighted by Crippen LogP contribution is -2.40. The second kappa shape index (κ2) is 7.13. The van der Waals surface area contributed by atoms with Gasteiger partial charge in [0.25, 0.3) is 0 Å². The Labute approximate surface area is 158 Å². The number of aliphatic carboxylic acids is 1. The summed E-state index contributed by atoms with van der Waals surface area (Å²) < 4.78 is 2.18. The molecule has 4 heterocycles. The first-order valence-corrected chi connectivity index (χ1v) is 10.2. The molecule has 2 aliphatic rings. The molecule has 0 amide bonds. The fourth-order valence-electron chi connectivity index (χ4n) is 4.59. The molecule has 0 unspecified atom stereocenters. The highest BCUT2D eigenvalue weighted by Gasteiger charge is 2.57. The predicted octanol–water partition coefficient (Wildman–Crippen LogP) is 2.37. The zero-order chi connectivity index (χ0) is 18.1. The van der Waals surface area contributed by atoms with Crippen LogP contribution in [-0.4, -0.2) is 56.6 Å². The third-order valence-corrected chi connectivity index (χ3v) is 6.53. The molecular weight excluding hydrogens is 348 g/mol. The Morgan fingerprint density at radius 1 is 1.35 bits per heavy atom. The molecule has 0 radical (unpaired) electrons. The van der Waals surface area contributed by atoms with Gasteiger partial charge < -0.3 is 9.67 Å². The number of thiophene rings is 1. The van der Waals surface area contributed by atoms with Crippen molar-refractivity contribution < 1.29 is 9.90 Å². The smallest absolute Gasteiger partial charge is 0.312 e. The number of fused-ring (bicyclic) bond motifs is 1. The van der Waals surface area contributed by atoms with Crippen molar-refractivity contribution in [3.63, 3.8) is 0 Å². The van der Waals surface area contributed by atoms with Crippen LogP contribution < -0.4 is 0 Å². The van der Waals surface area contributed by atoms with Gasteiger partial charge in [0, 0.05) is 57.6 Å². The Balaban J connectivity index is 1.45. The Bertz CT molecular complexity index is 759. The molecule has 0 aromatic carbocycles. The minimum absolute atomic E-state index is 0.188. The number of imidazole rings is 1. The van der Waals surface area contributed by atoms with E-state index in [0.29, 0.717) is 13.1 Å². The van der Waals surface area contributed by atoms with Crippen LogP contribution in [0.1, 0.15) is 24.7 Å². The lowest BCUT2D eigenvalue weighted by atomic mass is 9.81. The monoisotopic (exact) mass is 374 g/mol. The van der Waals surface area contributed by atoms with Gasteiger partial charge in [0.05, 0.1) is 12.0 Å². The van der Waals surface area contributed by atoms with E-state index in [2.05, 4.69) is 43.1 Å². The van der Waals surface area contributed by atoms with Crippen molar-refractivity contribution >= 4 is 17.3 Å². The SMILES string of the molecule is CCCn1ccnc1CN1C[C@@H]2CN(Cc3ccsc3)C[C@]2(C(=O)O)C1. The average Bonchev–Trinajstić information content (AvgIpc) is 3.34. The van der Waals surface area contributed by atoms with Crippen LogP contribution in [0, 0.1) is 11.3 Å². The fourth-order valence-corrected chi connectivity index (χ4v) is 5.25. The van der Waals surface area contributed by atoms with Gasteiger partial charge in [0.1, 0.15) is 5.82 Å². The molecule has 4 rings (SSSR count). The van der Waals surface area contributed by atoms with Crippen LogP contribution in [0.5, 0.6) is 0 Å². The molecule has 2 fully saturated rings. The largest absolute Gasteiger partial charge is 0.481 e. The van der Waals surface area contributed by atoms with E-state index in [9.17, 15) is 9.90 Å². The molecular formula is C19H26N4O2S. The normalized spacial score (nSPS) is 26.4. The van der Waals surface area contributed by atoms with Crippen molar-refractivity contribution in [1.82, 2.24) is 19.4 Å². The molecule has 0 spiro atoms. The van der Waals surface area contributed by atoms with Crippen LogP contribution in [0.15, 0.2) is 29.2 Å². The van der Waals surface area contributed by atoms with Crippen molar-refractivity contribution in [2.75, 3.05) is 26.2 Å². The van der Waals surface area contributed by atoms with E-state index in [1.54, 1.807) is 11.3 Å². The lowest BCUT2D eigenvalue weighted by molar-refractivity contribution is -0.149. The molecule has 6 nitrogen and oxygen atoms in total. The maximum Gasteiger partial charge on any atom is 0.312 e. The lowest BCUT2D eigenvalue weighted by Gasteiger charge is -2.25. The first-order valence-electron chi connectivity index (χ1n) is 9.30. The minimum Gasteiger partial charge on any atom is -0.481 e. The van der Waals surface area contributed by atoms with Crippen LogP contribution in [-0.2, 0) is 24.4 Å². The number of rotatable bonds is 7. The van der Waals surface area contributed by atoms with E-state index in [1.165, 1.54) is 5.56 Å². The van der Waals surface area contributed by atoms with E-state index in [-0.39, 0.29) is 5.92 Å². The van der Waals surface area contributed by atoms with Gasteiger partial charge in [-0.15, -0.1) is 0 Å². The van der Waals surface area contributed by atoms with Crippen LogP contribution >= 0.6 is 11.3 Å². The van der Waals surface area contributed by atoms with Gasteiger partial charge in [-0.05, 0) is 28.8 Å². The van der Waals surface area contributed by atoms with Crippen molar-refractivity contribution in [3.8, 4) is 0 Å². The summed E-state index contributed by atoms with van der Waals surface area (Å²) in [5, 5.41) is 14.3. The molecule has 140 valence electrons. The average molecular weight is 375 g/mol. The van der Waals surface area contributed by atoms with Gasteiger partial charge in [0.15, 0.2) is 0 Å². The summed E-state index contributed by atoms with van der Waals surface area (Å²) in [7, 11) is 0. The number of aromatic nitrogens is 2.